The molecule has 102 valence electrons. The van der Waals surface area contributed by atoms with Gasteiger partial charge in [0.05, 0.1) is 13.0 Å². The number of nitrogens with two attached hydrogens (primary N) is 1. The molecule has 8 heteroatoms. The molecule has 0 aliphatic heterocycles. The normalized spacial score (nSPS) is 11.8. The number of nitrogens with one attached hydrogen (secondary N) is 2. The molecule has 18 heavy (non-hydrogen) atoms. The smallest absolute Gasteiger partial charge is 0.305 e. The van der Waals surface area contributed by atoms with Gasteiger partial charge in [0.25, 0.3) is 0 Å². The average molecular weight is 259 g/mol. The van der Waals surface area contributed by atoms with Crippen molar-refractivity contribution in [2.45, 2.75) is 26.3 Å². The summed E-state index contributed by atoms with van der Waals surface area (Å²) in [5.74, 6) is -3.78. The van der Waals surface area contributed by atoms with Crippen molar-refractivity contribution >= 4 is 23.7 Å². The maximum atomic E-state index is 11.6. The highest BCUT2D eigenvalue weighted by molar-refractivity contribution is 6.01. The number of hydrogen-bond acceptors (Lipinski definition) is 5. The van der Waals surface area contributed by atoms with Crippen molar-refractivity contribution < 1.29 is 24.3 Å². The number of rotatable bonds is 6. The SMILES string of the molecule is CC(C)C(=O)NC(=O)[C@H](CC(=O)O)NC(=O)CN. The Morgan fingerprint density at radius 2 is 1.72 bits per heavy atom. The van der Waals surface area contributed by atoms with Crippen LogP contribution in [0.3, 0.4) is 0 Å². The van der Waals surface area contributed by atoms with E-state index in [1.807, 2.05) is 5.32 Å². The van der Waals surface area contributed by atoms with Gasteiger partial charge < -0.3 is 16.2 Å². The molecule has 0 aromatic rings. The molecule has 0 saturated carbocycles. The van der Waals surface area contributed by atoms with Crippen LogP contribution in [0, 0.1) is 5.92 Å². The minimum absolute atomic E-state index is 0.373. The molecule has 0 aromatic carbocycles. The molecule has 3 amide bonds. The highest BCUT2D eigenvalue weighted by Crippen LogP contribution is 1.96. The molecule has 0 aromatic heterocycles. The Balaban J connectivity index is 4.63. The highest BCUT2D eigenvalue weighted by atomic mass is 16.4. The highest BCUT2D eigenvalue weighted by Gasteiger charge is 2.25. The minimum Gasteiger partial charge on any atom is -0.481 e. The molecule has 1 atom stereocenters. The van der Waals surface area contributed by atoms with Gasteiger partial charge in [0.1, 0.15) is 6.04 Å². The van der Waals surface area contributed by atoms with Crippen LogP contribution in [0.15, 0.2) is 0 Å². The van der Waals surface area contributed by atoms with Gasteiger partial charge in [-0.1, -0.05) is 13.8 Å². The first-order valence-corrected chi connectivity index (χ1v) is 5.33. The molecule has 5 N–H and O–H groups in total. The molecular weight excluding hydrogens is 242 g/mol. The van der Waals surface area contributed by atoms with Crippen LogP contribution in [-0.2, 0) is 19.2 Å². The molecule has 0 spiro atoms. The maximum Gasteiger partial charge on any atom is 0.305 e. The lowest BCUT2D eigenvalue weighted by Gasteiger charge is -2.16. The van der Waals surface area contributed by atoms with E-state index in [-0.39, 0.29) is 6.54 Å². The second-order valence-corrected chi connectivity index (χ2v) is 3.93. The first-order chi connectivity index (χ1) is 8.27. The minimum atomic E-state index is -1.32. The van der Waals surface area contributed by atoms with Gasteiger partial charge in [-0.05, 0) is 0 Å². The fraction of sp³-hybridized carbons (Fsp3) is 0.600. The third-order valence-electron chi connectivity index (χ3n) is 1.99. The Kier molecular flexibility index (Phi) is 6.58. The van der Waals surface area contributed by atoms with Crippen molar-refractivity contribution in [2.24, 2.45) is 11.7 Å². The van der Waals surface area contributed by atoms with E-state index in [1.165, 1.54) is 0 Å². The van der Waals surface area contributed by atoms with Gasteiger partial charge in [-0.15, -0.1) is 0 Å². The lowest BCUT2D eigenvalue weighted by atomic mass is 10.1. The zero-order valence-electron chi connectivity index (χ0n) is 10.2. The standard InChI is InChI=1S/C10H17N3O5/c1-5(2)9(17)13-10(18)6(3-8(15)16)12-7(14)4-11/h5-6H,3-4,11H2,1-2H3,(H,12,14)(H,15,16)(H,13,17,18)/t6-/m0/s1. The Hall–Kier alpha value is -1.96. The van der Waals surface area contributed by atoms with E-state index in [0.29, 0.717) is 0 Å². The van der Waals surface area contributed by atoms with Gasteiger partial charge in [0, 0.05) is 5.92 Å². The van der Waals surface area contributed by atoms with Crippen molar-refractivity contribution in [3.63, 3.8) is 0 Å². The lowest BCUT2D eigenvalue weighted by molar-refractivity contribution is -0.142. The van der Waals surface area contributed by atoms with Gasteiger partial charge in [-0.2, -0.15) is 0 Å². The molecule has 0 unspecified atom stereocenters. The summed E-state index contributed by atoms with van der Waals surface area (Å²) in [6, 6.07) is -1.32. The Bertz CT molecular complexity index is 353. The van der Waals surface area contributed by atoms with Gasteiger partial charge in [-0.3, -0.25) is 24.5 Å². The first-order valence-electron chi connectivity index (χ1n) is 5.33. The van der Waals surface area contributed by atoms with E-state index in [0.717, 1.165) is 0 Å². The molecule has 0 heterocycles. The van der Waals surface area contributed by atoms with Crippen LogP contribution in [-0.4, -0.2) is 41.4 Å². The number of imide groups is 1. The summed E-state index contributed by atoms with van der Waals surface area (Å²) in [4.78, 5) is 44.5. The van der Waals surface area contributed by atoms with Crippen LogP contribution >= 0.6 is 0 Å². The van der Waals surface area contributed by atoms with Gasteiger partial charge in [0.15, 0.2) is 0 Å². The number of carboxylic acid groups (broad SMARTS) is 1. The molecule has 0 bridgehead atoms. The van der Waals surface area contributed by atoms with Gasteiger partial charge in [0.2, 0.25) is 17.7 Å². The van der Waals surface area contributed by atoms with Crippen LogP contribution in [0.25, 0.3) is 0 Å². The largest absolute Gasteiger partial charge is 0.481 e. The maximum absolute atomic E-state index is 11.6. The summed E-state index contributed by atoms with van der Waals surface area (Å²) < 4.78 is 0. The monoisotopic (exact) mass is 259 g/mol. The molecule has 8 nitrogen and oxygen atoms in total. The second kappa shape index (κ2) is 7.38. The summed E-state index contributed by atoms with van der Waals surface area (Å²) in [5, 5.41) is 12.8. The van der Waals surface area contributed by atoms with Crippen LogP contribution in [0.2, 0.25) is 0 Å². The predicted octanol–water partition coefficient (Wildman–Crippen LogP) is -1.80. The number of aliphatic carboxylic acids is 1. The number of amides is 3. The lowest BCUT2D eigenvalue weighted by Crippen LogP contribution is -2.51. The van der Waals surface area contributed by atoms with Crippen LogP contribution < -0.4 is 16.4 Å². The second-order valence-electron chi connectivity index (χ2n) is 3.93. The van der Waals surface area contributed by atoms with Gasteiger partial charge in [-0.25, -0.2) is 0 Å². The summed E-state index contributed by atoms with van der Waals surface area (Å²) in [6.45, 7) is 2.78. The summed E-state index contributed by atoms with van der Waals surface area (Å²) in [7, 11) is 0. The summed E-state index contributed by atoms with van der Waals surface area (Å²) in [6.07, 6.45) is -0.622. The van der Waals surface area contributed by atoms with E-state index in [9.17, 15) is 19.2 Å². The molecule has 0 aliphatic carbocycles. The van der Waals surface area contributed by atoms with Crippen molar-refractivity contribution in [1.82, 2.24) is 10.6 Å². The molecular formula is C10H17N3O5. The average Bonchev–Trinajstić information content (AvgIpc) is 2.26. The zero-order chi connectivity index (χ0) is 14.3. The predicted molar refractivity (Wildman–Crippen MR) is 61.2 cm³/mol. The van der Waals surface area contributed by atoms with E-state index in [4.69, 9.17) is 10.8 Å². The Morgan fingerprint density at radius 3 is 2.11 bits per heavy atom. The first kappa shape index (κ1) is 16.0. The van der Waals surface area contributed by atoms with E-state index in [1.54, 1.807) is 13.8 Å². The van der Waals surface area contributed by atoms with E-state index in [2.05, 4.69) is 5.32 Å². The molecule has 0 fully saturated rings. The molecule has 0 saturated heterocycles. The topological polar surface area (TPSA) is 139 Å². The van der Waals surface area contributed by atoms with Crippen molar-refractivity contribution in [2.75, 3.05) is 6.54 Å². The van der Waals surface area contributed by atoms with Crippen LogP contribution in [0.1, 0.15) is 20.3 Å². The Labute approximate surface area is 104 Å². The van der Waals surface area contributed by atoms with Crippen molar-refractivity contribution in [3.8, 4) is 0 Å². The van der Waals surface area contributed by atoms with Crippen LogP contribution in [0.5, 0.6) is 0 Å². The van der Waals surface area contributed by atoms with Gasteiger partial charge >= 0.3 is 5.97 Å². The van der Waals surface area contributed by atoms with E-state index < -0.39 is 42.1 Å². The fourth-order valence-corrected chi connectivity index (χ4v) is 0.990. The number of hydrogen-bond donors (Lipinski definition) is 4. The number of carbonyl (C=O) groups excluding carboxylic acids is 3. The number of carboxylic acids is 1. The molecule has 0 rings (SSSR count). The van der Waals surface area contributed by atoms with Crippen LogP contribution in [0.4, 0.5) is 0 Å². The summed E-state index contributed by atoms with van der Waals surface area (Å²) in [5.41, 5.74) is 5.04. The summed E-state index contributed by atoms with van der Waals surface area (Å²) >= 11 is 0. The van der Waals surface area contributed by atoms with E-state index >= 15 is 0 Å². The quantitative estimate of drug-likeness (QED) is 0.444. The Morgan fingerprint density at radius 1 is 1.17 bits per heavy atom. The zero-order valence-corrected chi connectivity index (χ0v) is 10.2. The molecule has 0 radical (unpaired) electrons. The van der Waals surface area contributed by atoms with Crippen molar-refractivity contribution in [3.05, 3.63) is 0 Å². The van der Waals surface area contributed by atoms with Crippen molar-refractivity contribution in [1.29, 1.82) is 0 Å². The fourth-order valence-electron chi connectivity index (χ4n) is 0.990. The third-order valence-corrected chi connectivity index (χ3v) is 1.99. The third kappa shape index (κ3) is 5.94. The number of carbonyl (C=O) groups is 4. The molecule has 0 aliphatic rings.